The van der Waals surface area contributed by atoms with E-state index in [-0.39, 0.29) is 0 Å². The van der Waals surface area contributed by atoms with Crippen LogP contribution in [0.15, 0.2) is 12.2 Å². The zero-order valence-corrected chi connectivity index (χ0v) is 8.46. The maximum Gasteiger partial charge on any atom is 0.124 e. The van der Waals surface area contributed by atoms with E-state index in [0.717, 1.165) is 24.9 Å². The summed E-state index contributed by atoms with van der Waals surface area (Å²) >= 11 is 0. The van der Waals surface area contributed by atoms with Gasteiger partial charge in [-0.3, -0.25) is 0 Å². The lowest BCUT2D eigenvalue weighted by Crippen LogP contribution is -2.35. The Hall–Kier alpha value is -0.630. The number of nitrogens with zero attached hydrogens (tertiary/aromatic N) is 1. The Morgan fingerprint density at radius 2 is 2.46 bits per heavy atom. The third-order valence-electron chi connectivity index (χ3n) is 2.88. The summed E-state index contributed by atoms with van der Waals surface area (Å²) < 4.78 is 0. The molecule has 0 radical (unpaired) electrons. The van der Waals surface area contributed by atoms with Gasteiger partial charge in [-0.2, -0.15) is 0 Å². The Balaban J connectivity index is 2.41. The SMILES string of the molecule is C=C(CC=O)C1CCCN(CC)C1. The number of aldehydes is 1. The van der Waals surface area contributed by atoms with E-state index >= 15 is 0 Å². The van der Waals surface area contributed by atoms with Crippen molar-refractivity contribution in [2.24, 2.45) is 5.92 Å². The minimum absolute atomic E-state index is 0.544. The molecule has 1 aliphatic heterocycles. The van der Waals surface area contributed by atoms with Crippen molar-refractivity contribution in [1.29, 1.82) is 0 Å². The lowest BCUT2D eigenvalue weighted by atomic mass is 9.90. The van der Waals surface area contributed by atoms with Crippen LogP contribution in [-0.2, 0) is 4.79 Å². The van der Waals surface area contributed by atoms with E-state index < -0.39 is 0 Å². The Kier molecular flexibility index (Phi) is 4.16. The monoisotopic (exact) mass is 181 g/mol. The van der Waals surface area contributed by atoms with Gasteiger partial charge in [0.25, 0.3) is 0 Å². The number of rotatable bonds is 4. The number of piperidine rings is 1. The van der Waals surface area contributed by atoms with Crippen molar-refractivity contribution >= 4 is 6.29 Å². The van der Waals surface area contributed by atoms with Crippen LogP contribution >= 0.6 is 0 Å². The minimum Gasteiger partial charge on any atom is -0.303 e. The summed E-state index contributed by atoms with van der Waals surface area (Å²) in [6, 6.07) is 0. The smallest absolute Gasteiger partial charge is 0.124 e. The molecule has 0 amide bonds. The summed E-state index contributed by atoms with van der Waals surface area (Å²) in [6.07, 6.45) is 3.97. The minimum atomic E-state index is 0.544. The fourth-order valence-electron chi connectivity index (χ4n) is 1.95. The first-order chi connectivity index (χ1) is 6.27. The Labute approximate surface area is 80.6 Å². The third-order valence-corrected chi connectivity index (χ3v) is 2.88. The van der Waals surface area contributed by atoms with Crippen LogP contribution in [0, 0.1) is 5.92 Å². The molecule has 74 valence electrons. The van der Waals surface area contributed by atoms with Crippen molar-refractivity contribution in [2.75, 3.05) is 19.6 Å². The summed E-state index contributed by atoms with van der Waals surface area (Å²) in [4.78, 5) is 12.8. The highest BCUT2D eigenvalue weighted by Gasteiger charge is 2.20. The topological polar surface area (TPSA) is 20.3 Å². The molecule has 2 heteroatoms. The second kappa shape index (κ2) is 5.18. The van der Waals surface area contributed by atoms with Gasteiger partial charge in [0.1, 0.15) is 6.29 Å². The molecule has 1 unspecified atom stereocenters. The van der Waals surface area contributed by atoms with E-state index in [4.69, 9.17) is 0 Å². The van der Waals surface area contributed by atoms with Crippen LogP contribution in [-0.4, -0.2) is 30.8 Å². The third kappa shape index (κ3) is 2.96. The van der Waals surface area contributed by atoms with Gasteiger partial charge in [-0.25, -0.2) is 0 Å². The van der Waals surface area contributed by atoms with Gasteiger partial charge >= 0.3 is 0 Å². The van der Waals surface area contributed by atoms with Gasteiger partial charge < -0.3 is 9.69 Å². The molecule has 1 atom stereocenters. The van der Waals surface area contributed by atoms with E-state index in [0.29, 0.717) is 12.3 Å². The molecule has 1 saturated heterocycles. The fraction of sp³-hybridized carbons (Fsp3) is 0.727. The van der Waals surface area contributed by atoms with Crippen LogP contribution in [0.3, 0.4) is 0 Å². The average molecular weight is 181 g/mol. The molecular formula is C11H19NO. The number of hydrogen-bond acceptors (Lipinski definition) is 2. The van der Waals surface area contributed by atoms with Gasteiger partial charge in [-0.15, -0.1) is 0 Å². The van der Waals surface area contributed by atoms with E-state index in [9.17, 15) is 4.79 Å². The molecule has 0 aromatic rings. The van der Waals surface area contributed by atoms with Crippen LogP contribution < -0.4 is 0 Å². The highest BCUT2D eigenvalue weighted by molar-refractivity contribution is 5.54. The van der Waals surface area contributed by atoms with E-state index in [1.165, 1.54) is 19.4 Å². The predicted molar refractivity (Wildman–Crippen MR) is 54.7 cm³/mol. The molecule has 1 heterocycles. The molecule has 1 rings (SSSR count). The van der Waals surface area contributed by atoms with E-state index in [1.54, 1.807) is 0 Å². The Morgan fingerprint density at radius 3 is 3.08 bits per heavy atom. The van der Waals surface area contributed by atoms with E-state index in [2.05, 4.69) is 18.4 Å². The zero-order chi connectivity index (χ0) is 9.68. The molecule has 0 aromatic heterocycles. The summed E-state index contributed by atoms with van der Waals surface area (Å²) in [7, 11) is 0. The maximum absolute atomic E-state index is 10.3. The molecule has 0 spiro atoms. The van der Waals surface area contributed by atoms with Crippen LogP contribution in [0.1, 0.15) is 26.2 Å². The van der Waals surface area contributed by atoms with Gasteiger partial charge in [0.05, 0.1) is 0 Å². The normalized spacial score (nSPS) is 24.2. The number of carbonyl (C=O) groups excluding carboxylic acids is 1. The number of carbonyl (C=O) groups is 1. The largest absolute Gasteiger partial charge is 0.303 e. The second-order valence-electron chi connectivity index (χ2n) is 3.76. The quantitative estimate of drug-likeness (QED) is 0.487. The molecule has 2 nitrogen and oxygen atoms in total. The van der Waals surface area contributed by atoms with Gasteiger partial charge in [0.15, 0.2) is 0 Å². The molecule has 0 aromatic carbocycles. The summed E-state index contributed by atoms with van der Waals surface area (Å²) in [5.74, 6) is 0.555. The van der Waals surface area contributed by atoms with Crippen molar-refractivity contribution in [1.82, 2.24) is 4.90 Å². The molecule has 0 saturated carbocycles. The lowest BCUT2D eigenvalue weighted by molar-refractivity contribution is -0.107. The highest BCUT2D eigenvalue weighted by atomic mass is 16.1. The Bertz CT molecular complexity index is 189. The van der Waals surface area contributed by atoms with Crippen LogP contribution in [0.2, 0.25) is 0 Å². The molecular weight excluding hydrogens is 162 g/mol. The highest BCUT2D eigenvalue weighted by Crippen LogP contribution is 2.23. The number of hydrogen-bond donors (Lipinski definition) is 0. The van der Waals surface area contributed by atoms with Crippen LogP contribution in [0.4, 0.5) is 0 Å². The number of likely N-dealkylation sites (tertiary alicyclic amines) is 1. The van der Waals surface area contributed by atoms with Crippen molar-refractivity contribution in [3.8, 4) is 0 Å². The lowest BCUT2D eigenvalue weighted by Gasteiger charge is -2.32. The van der Waals surface area contributed by atoms with E-state index in [1.807, 2.05) is 0 Å². The van der Waals surface area contributed by atoms with Gasteiger partial charge in [0.2, 0.25) is 0 Å². The van der Waals surface area contributed by atoms with Crippen molar-refractivity contribution < 1.29 is 4.79 Å². The first-order valence-corrected chi connectivity index (χ1v) is 5.11. The second-order valence-corrected chi connectivity index (χ2v) is 3.76. The van der Waals surface area contributed by atoms with Gasteiger partial charge in [-0.1, -0.05) is 19.1 Å². The molecule has 0 bridgehead atoms. The first kappa shape index (κ1) is 10.5. The zero-order valence-electron chi connectivity index (χ0n) is 8.46. The maximum atomic E-state index is 10.3. The summed E-state index contributed by atoms with van der Waals surface area (Å²) in [6.45, 7) is 9.59. The predicted octanol–water partition coefficient (Wildman–Crippen LogP) is 1.86. The van der Waals surface area contributed by atoms with Crippen molar-refractivity contribution in [2.45, 2.75) is 26.2 Å². The van der Waals surface area contributed by atoms with Crippen molar-refractivity contribution in [3.05, 3.63) is 12.2 Å². The van der Waals surface area contributed by atoms with Gasteiger partial charge in [-0.05, 0) is 31.8 Å². The van der Waals surface area contributed by atoms with Crippen LogP contribution in [0.25, 0.3) is 0 Å². The molecule has 13 heavy (non-hydrogen) atoms. The molecule has 0 aliphatic carbocycles. The van der Waals surface area contributed by atoms with Crippen LogP contribution in [0.5, 0.6) is 0 Å². The average Bonchev–Trinajstić information content (AvgIpc) is 2.18. The van der Waals surface area contributed by atoms with Gasteiger partial charge in [0, 0.05) is 13.0 Å². The summed E-state index contributed by atoms with van der Waals surface area (Å²) in [5.41, 5.74) is 1.12. The molecule has 1 fully saturated rings. The fourth-order valence-corrected chi connectivity index (χ4v) is 1.95. The molecule has 0 N–H and O–H groups in total. The Morgan fingerprint density at radius 1 is 1.69 bits per heavy atom. The first-order valence-electron chi connectivity index (χ1n) is 5.11. The standard InChI is InChI=1S/C11H19NO/c1-3-12-7-4-5-11(9-12)10(2)6-8-13/h8,11H,2-7,9H2,1H3. The molecule has 1 aliphatic rings. The van der Waals surface area contributed by atoms with Crippen molar-refractivity contribution in [3.63, 3.8) is 0 Å². The summed E-state index contributed by atoms with van der Waals surface area (Å²) in [5, 5.41) is 0.